The molecule has 6 nitrogen and oxygen atoms in total. The summed E-state index contributed by atoms with van der Waals surface area (Å²) < 4.78 is 2.27. The van der Waals surface area contributed by atoms with E-state index >= 15 is 0 Å². The third-order valence-electron chi connectivity index (χ3n) is 6.00. The number of rotatable bonds is 5. The molecule has 2 atom stereocenters. The van der Waals surface area contributed by atoms with Gasteiger partial charge < -0.3 is 14.8 Å². The smallest absolute Gasteiger partial charge is 0.193 e. The minimum Gasteiger partial charge on any atom is -0.357 e. The van der Waals surface area contributed by atoms with Gasteiger partial charge in [0.05, 0.1) is 0 Å². The number of fused-ring (bicyclic) bond motifs is 1. The van der Waals surface area contributed by atoms with Crippen LogP contribution in [0.15, 0.2) is 4.99 Å². The first-order chi connectivity index (χ1) is 12.5. The number of likely N-dealkylation sites (tertiary alicyclic amines) is 1. The van der Waals surface area contributed by atoms with Crippen LogP contribution in [-0.2, 0) is 13.0 Å². The number of hydrogen-bond donors (Lipinski definition) is 1. The van der Waals surface area contributed by atoms with E-state index < -0.39 is 0 Å². The molecule has 1 aromatic heterocycles. The van der Waals surface area contributed by atoms with Crippen LogP contribution in [0.1, 0.15) is 64.5 Å². The molecule has 1 N–H and O–H groups in total. The van der Waals surface area contributed by atoms with E-state index in [2.05, 4.69) is 52.7 Å². The van der Waals surface area contributed by atoms with Gasteiger partial charge in [0.25, 0.3) is 0 Å². The number of nitrogens with one attached hydrogen (secondary N) is 1. The minimum absolute atomic E-state index is 0.433. The summed E-state index contributed by atoms with van der Waals surface area (Å²) in [6.07, 6.45) is 7.37. The van der Waals surface area contributed by atoms with Crippen LogP contribution < -0.4 is 5.32 Å². The fraction of sp³-hybridized carbons (Fsp3) is 0.850. The highest BCUT2D eigenvalue weighted by atomic mass is 15.3. The Morgan fingerprint density at radius 3 is 2.96 bits per heavy atom. The number of aliphatic imine (C=N–C) groups is 1. The standard InChI is InChI=1S/C20H36N6/c1-5-10-20(4)11-7-12-25(15-20)19(21-6-2)22-13-17-8-9-18-24-23-16(3)26(18)14-17/h17H,5-15H2,1-4H3,(H,21,22). The summed E-state index contributed by atoms with van der Waals surface area (Å²) >= 11 is 0. The van der Waals surface area contributed by atoms with E-state index in [-0.39, 0.29) is 0 Å². The zero-order valence-electron chi connectivity index (χ0n) is 17.1. The van der Waals surface area contributed by atoms with E-state index in [0.29, 0.717) is 11.3 Å². The molecular formula is C20H36N6. The fourth-order valence-electron chi connectivity index (χ4n) is 4.62. The molecule has 1 aromatic rings. The molecule has 2 unspecified atom stereocenters. The normalized spacial score (nSPS) is 26.7. The molecule has 2 aliphatic heterocycles. The van der Waals surface area contributed by atoms with Crippen molar-refractivity contribution in [2.24, 2.45) is 16.3 Å². The summed E-state index contributed by atoms with van der Waals surface area (Å²) in [6, 6.07) is 0. The van der Waals surface area contributed by atoms with Gasteiger partial charge in [-0.3, -0.25) is 4.99 Å². The lowest BCUT2D eigenvalue weighted by Gasteiger charge is -2.42. The number of hydrogen-bond acceptors (Lipinski definition) is 3. The molecule has 26 heavy (non-hydrogen) atoms. The summed E-state index contributed by atoms with van der Waals surface area (Å²) in [6.45, 7) is 14.0. The average Bonchev–Trinajstić information content (AvgIpc) is 2.99. The number of piperidine rings is 1. The highest BCUT2D eigenvalue weighted by molar-refractivity contribution is 5.80. The molecular weight excluding hydrogens is 324 g/mol. The molecule has 0 spiro atoms. The SMILES string of the molecule is CCCC1(C)CCCN(C(=NCC2CCc3nnc(C)n3C2)NCC)C1. The quantitative estimate of drug-likeness (QED) is 0.648. The summed E-state index contributed by atoms with van der Waals surface area (Å²) in [4.78, 5) is 7.55. The number of guanidine groups is 1. The maximum absolute atomic E-state index is 5.05. The van der Waals surface area contributed by atoms with Gasteiger partial charge in [-0.25, -0.2) is 0 Å². The van der Waals surface area contributed by atoms with Crippen molar-refractivity contribution in [2.75, 3.05) is 26.2 Å². The highest BCUT2D eigenvalue weighted by Gasteiger charge is 2.31. The second-order valence-corrected chi connectivity index (χ2v) is 8.46. The molecule has 2 aliphatic rings. The monoisotopic (exact) mass is 360 g/mol. The summed E-state index contributed by atoms with van der Waals surface area (Å²) in [7, 11) is 0. The molecule has 0 saturated carbocycles. The third kappa shape index (κ3) is 4.38. The Hall–Kier alpha value is -1.59. The van der Waals surface area contributed by atoms with Crippen LogP contribution in [0.4, 0.5) is 0 Å². The summed E-state index contributed by atoms with van der Waals surface area (Å²) in [5, 5.41) is 12.0. The summed E-state index contributed by atoms with van der Waals surface area (Å²) in [5.74, 6) is 3.87. The van der Waals surface area contributed by atoms with Crippen LogP contribution in [0.2, 0.25) is 0 Å². The van der Waals surface area contributed by atoms with Crippen molar-refractivity contribution >= 4 is 5.96 Å². The topological polar surface area (TPSA) is 58.3 Å². The molecule has 0 aliphatic carbocycles. The highest BCUT2D eigenvalue weighted by Crippen LogP contribution is 2.34. The van der Waals surface area contributed by atoms with Crippen LogP contribution in [0.3, 0.4) is 0 Å². The van der Waals surface area contributed by atoms with E-state index in [1.165, 1.54) is 25.7 Å². The molecule has 0 amide bonds. The van der Waals surface area contributed by atoms with E-state index in [1.54, 1.807) is 0 Å². The molecule has 0 radical (unpaired) electrons. The number of aromatic nitrogens is 3. The van der Waals surface area contributed by atoms with Crippen molar-refractivity contribution in [2.45, 2.75) is 72.8 Å². The van der Waals surface area contributed by atoms with Crippen molar-refractivity contribution in [3.05, 3.63) is 11.6 Å². The number of nitrogens with zero attached hydrogens (tertiary/aromatic N) is 5. The lowest BCUT2D eigenvalue weighted by molar-refractivity contribution is 0.142. The predicted octanol–water partition coefficient (Wildman–Crippen LogP) is 3.02. The summed E-state index contributed by atoms with van der Waals surface area (Å²) in [5.41, 5.74) is 0.433. The van der Waals surface area contributed by atoms with Crippen molar-refractivity contribution in [3.63, 3.8) is 0 Å². The first-order valence-electron chi connectivity index (χ1n) is 10.5. The third-order valence-corrected chi connectivity index (χ3v) is 6.00. The van der Waals surface area contributed by atoms with E-state index in [9.17, 15) is 0 Å². The zero-order valence-corrected chi connectivity index (χ0v) is 17.1. The Labute approximate surface area is 158 Å². The van der Waals surface area contributed by atoms with Crippen molar-refractivity contribution in [3.8, 4) is 0 Å². The Morgan fingerprint density at radius 1 is 1.35 bits per heavy atom. The Morgan fingerprint density at radius 2 is 2.19 bits per heavy atom. The van der Waals surface area contributed by atoms with Gasteiger partial charge in [-0.15, -0.1) is 10.2 Å². The molecule has 1 saturated heterocycles. The minimum atomic E-state index is 0.433. The van der Waals surface area contributed by atoms with Crippen LogP contribution >= 0.6 is 0 Å². The van der Waals surface area contributed by atoms with Gasteiger partial charge in [0.1, 0.15) is 11.6 Å². The molecule has 3 heterocycles. The van der Waals surface area contributed by atoms with Crippen LogP contribution in [0.25, 0.3) is 0 Å². The second-order valence-electron chi connectivity index (χ2n) is 8.46. The van der Waals surface area contributed by atoms with Gasteiger partial charge in [0.2, 0.25) is 0 Å². The van der Waals surface area contributed by atoms with Gasteiger partial charge in [-0.2, -0.15) is 0 Å². The molecule has 6 heteroatoms. The van der Waals surface area contributed by atoms with Gasteiger partial charge in [0, 0.05) is 39.1 Å². The van der Waals surface area contributed by atoms with Crippen molar-refractivity contribution < 1.29 is 0 Å². The maximum Gasteiger partial charge on any atom is 0.193 e. The Kier molecular flexibility index (Phi) is 6.20. The van der Waals surface area contributed by atoms with E-state index in [1.807, 2.05) is 0 Å². The van der Waals surface area contributed by atoms with Crippen molar-refractivity contribution in [1.29, 1.82) is 0 Å². The van der Waals surface area contributed by atoms with E-state index in [0.717, 1.165) is 63.2 Å². The fourth-order valence-corrected chi connectivity index (χ4v) is 4.62. The molecule has 3 rings (SSSR count). The lowest BCUT2D eigenvalue weighted by Crippen LogP contribution is -2.50. The van der Waals surface area contributed by atoms with Crippen LogP contribution in [-0.4, -0.2) is 51.8 Å². The van der Waals surface area contributed by atoms with Gasteiger partial charge in [-0.1, -0.05) is 20.3 Å². The van der Waals surface area contributed by atoms with Gasteiger partial charge in [0.15, 0.2) is 5.96 Å². The van der Waals surface area contributed by atoms with E-state index in [4.69, 9.17) is 4.99 Å². The maximum atomic E-state index is 5.05. The second kappa shape index (κ2) is 8.40. The van der Waals surface area contributed by atoms with Gasteiger partial charge >= 0.3 is 0 Å². The first kappa shape index (κ1) is 19.2. The largest absolute Gasteiger partial charge is 0.357 e. The molecule has 1 fully saturated rings. The molecule has 146 valence electrons. The van der Waals surface area contributed by atoms with Crippen LogP contribution in [0.5, 0.6) is 0 Å². The average molecular weight is 361 g/mol. The Balaban J connectivity index is 1.65. The molecule has 0 bridgehead atoms. The van der Waals surface area contributed by atoms with Crippen molar-refractivity contribution in [1.82, 2.24) is 25.0 Å². The zero-order chi connectivity index (χ0) is 18.6. The number of aryl methyl sites for hydroxylation is 2. The van der Waals surface area contributed by atoms with Gasteiger partial charge in [-0.05, 0) is 50.9 Å². The first-order valence-corrected chi connectivity index (χ1v) is 10.5. The predicted molar refractivity (Wildman–Crippen MR) is 106 cm³/mol. The van der Waals surface area contributed by atoms with Crippen LogP contribution in [0, 0.1) is 18.3 Å². The Bertz CT molecular complexity index is 618. The molecule has 0 aromatic carbocycles. The lowest BCUT2D eigenvalue weighted by atomic mass is 9.78.